The Kier molecular flexibility index (Phi) is 12.2. The number of carbonyl (C=O) groups excluding carboxylic acids is 3. The van der Waals surface area contributed by atoms with E-state index < -0.39 is 51.8 Å². The van der Waals surface area contributed by atoms with Gasteiger partial charge in [0.2, 0.25) is 21.8 Å². The van der Waals surface area contributed by atoms with Crippen molar-refractivity contribution in [1.82, 2.24) is 24.6 Å². The van der Waals surface area contributed by atoms with Crippen LogP contribution in [-0.4, -0.2) is 111 Å². The summed E-state index contributed by atoms with van der Waals surface area (Å²) in [5.41, 5.74) is 3.30. The number of carboxylic acid groups (broad SMARTS) is 2. The quantitative estimate of drug-likeness (QED) is 0.0847. The Labute approximate surface area is 410 Å². The highest BCUT2D eigenvalue weighted by molar-refractivity contribution is 7.88. The molecule has 3 amide bonds. The smallest absolute Gasteiger partial charge is 0.349 e. The molecule has 4 aliphatic rings. The van der Waals surface area contributed by atoms with Crippen LogP contribution in [0, 0.1) is 0 Å². The number of nitrogens with zero attached hydrogens (tertiary/aromatic N) is 6. The van der Waals surface area contributed by atoms with E-state index >= 15 is 0 Å². The van der Waals surface area contributed by atoms with Gasteiger partial charge in [-0.2, -0.15) is 4.31 Å². The Hall–Kier alpha value is -6.74. The molecule has 10 rings (SSSR count). The fourth-order valence-electron chi connectivity index (χ4n) is 10.5. The second-order valence-corrected chi connectivity index (χ2v) is 21.9. The molecule has 6 aromatic rings. The van der Waals surface area contributed by atoms with Gasteiger partial charge in [0, 0.05) is 65.9 Å². The molecule has 3 fully saturated rings. The summed E-state index contributed by atoms with van der Waals surface area (Å²) in [5.74, 6) is -3.14. The lowest BCUT2D eigenvalue weighted by Gasteiger charge is -2.44. The minimum atomic E-state index is -3.89. The fraction of sp³-hybridized carbons (Fsp3) is 0.347. The number of ether oxygens (including phenoxy) is 1. The van der Waals surface area contributed by atoms with Crippen LogP contribution < -0.4 is 25.2 Å². The second-order valence-electron chi connectivity index (χ2n) is 18.6. The summed E-state index contributed by atoms with van der Waals surface area (Å²) in [5, 5.41) is 27.2. The van der Waals surface area contributed by atoms with E-state index in [1.54, 1.807) is 29.3 Å². The van der Waals surface area contributed by atoms with Crippen LogP contribution in [0.3, 0.4) is 0 Å². The van der Waals surface area contributed by atoms with Gasteiger partial charge in [0.15, 0.2) is 22.9 Å². The Bertz CT molecular complexity index is 3280. The topological polar surface area (TPSA) is 242 Å². The number of hydrogen-bond donors (Lipinski definition) is 4. The molecule has 0 aliphatic carbocycles. The summed E-state index contributed by atoms with van der Waals surface area (Å²) in [7, 11) is -3.89. The van der Waals surface area contributed by atoms with Crippen LogP contribution in [0.15, 0.2) is 72.9 Å². The number of aliphatic carboxylic acids is 1. The van der Waals surface area contributed by atoms with Crippen molar-refractivity contribution in [3.05, 3.63) is 99.8 Å². The maximum absolute atomic E-state index is 14.1. The van der Waals surface area contributed by atoms with E-state index in [2.05, 4.69) is 31.6 Å². The van der Waals surface area contributed by atoms with Crippen molar-refractivity contribution in [2.24, 2.45) is 0 Å². The van der Waals surface area contributed by atoms with E-state index in [1.165, 1.54) is 4.31 Å². The Balaban J connectivity index is 0.788. The van der Waals surface area contributed by atoms with Crippen LogP contribution in [0.1, 0.15) is 89.7 Å². The number of rotatable bonds is 13. The predicted molar refractivity (Wildman–Crippen MR) is 263 cm³/mol. The number of aromatic carboxylic acids is 1. The standard InChI is InChI=1S/C49H47ClN8O10S2/c1-49(2)22-30(52-29-6-3-5-27(21-29)43-41(50)42(68-24-39(60)61)44(69-43)48(64)65)17-20-57(49)70(66,67)25-36-51-23-28-9-13-37(54-45(28)53-36)56-18-15-26(16-19-56)31-10-11-34-40-32(31)7-4-8-33(40)47(63)58(34)35-12-14-38(59)55-46(35)62/h3-11,13,21,23,26,30,35,52H,12,14-20,22,24-25H2,1-2H3,(H,60,61)(H,64,65)(H,55,59,62). The molecule has 0 bridgehead atoms. The molecule has 3 aromatic carbocycles. The number of hydrogen-bond acceptors (Lipinski definition) is 14. The Morgan fingerprint density at radius 1 is 0.971 bits per heavy atom. The molecule has 2 atom stereocenters. The number of anilines is 3. The van der Waals surface area contributed by atoms with Crippen LogP contribution >= 0.6 is 22.9 Å². The number of pyridine rings is 1. The van der Waals surface area contributed by atoms with Gasteiger partial charge in [0.05, 0.1) is 10.6 Å². The van der Waals surface area contributed by atoms with E-state index in [9.17, 15) is 37.5 Å². The number of nitrogens with one attached hydrogen (secondary N) is 2. The molecule has 7 heterocycles. The van der Waals surface area contributed by atoms with Gasteiger partial charge in [-0.25, -0.2) is 33.0 Å². The monoisotopic (exact) mass is 1010 g/mol. The van der Waals surface area contributed by atoms with Gasteiger partial charge in [-0.05, 0) is 105 Å². The largest absolute Gasteiger partial charge is 0.479 e. The van der Waals surface area contributed by atoms with Crippen LogP contribution in [0.2, 0.25) is 5.02 Å². The summed E-state index contributed by atoms with van der Waals surface area (Å²) in [6.45, 7) is 4.66. The summed E-state index contributed by atoms with van der Waals surface area (Å²) in [6.07, 6.45) is 4.65. The molecule has 21 heteroatoms. The van der Waals surface area contributed by atoms with Crippen LogP contribution in [0.5, 0.6) is 5.75 Å². The maximum Gasteiger partial charge on any atom is 0.349 e. The molecule has 0 spiro atoms. The lowest BCUT2D eigenvalue weighted by molar-refractivity contribution is -0.139. The highest BCUT2D eigenvalue weighted by Gasteiger charge is 2.43. The molecule has 0 saturated carbocycles. The number of aromatic nitrogens is 3. The zero-order valence-electron chi connectivity index (χ0n) is 38.0. The first kappa shape index (κ1) is 47.0. The number of carbonyl (C=O) groups is 5. The third kappa shape index (κ3) is 8.77. The first-order valence-electron chi connectivity index (χ1n) is 22.8. The normalized spacial score (nSPS) is 19.7. The number of imide groups is 1. The fourth-order valence-corrected chi connectivity index (χ4v) is 13.7. The number of thiophene rings is 1. The Morgan fingerprint density at radius 2 is 1.76 bits per heavy atom. The lowest BCUT2D eigenvalue weighted by Crippen LogP contribution is -2.55. The summed E-state index contributed by atoms with van der Waals surface area (Å²) >= 11 is 7.42. The average Bonchev–Trinajstić information content (AvgIpc) is 3.81. The number of piperidine rings is 3. The summed E-state index contributed by atoms with van der Waals surface area (Å²) in [6, 6.07) is 19.9. The van der Waals surface area contributed by atoms with Crippen molar-refractivity contribution in [1.29, 1.82) is 0 Å². The molecular weight excluding hydrogens is 960 g/mol. The molecule has 18 nitrogen and oxygen atoms in total. The first-order valence-corrected chi connectivity index (χ1v) is 25.6. The average molecular weight is 1010 g/mol. The minimum Gasteiger partial charge on any atom is -0.479 e. The molecule has 70 heavy (non-hydrogen) atoms. The number of benzene rings is 3. The van der Waals surface area contributed by atoms with Crippen molar-refractivity contribution in [3.8, 4) is 16.2 Å². The third-order valence-corrected chi connectivity index (χ3v) is 17.3. The molecule has 2 unspecified atom stereocenters. The number of halogens is 1. The van der Waals surface area contributed by atoms with Crippen molar-refractivity contribution in [3.63, 3.8) is 0 Å². The molecule has 3 aromatic heterocycles. The zero-order chi connectivity index (χ0) is 49.2. The van der Waals surface area contributed by atoms with E-state index in [4.69, 9.17) is 26.4 Å². The van der Waals surface area contributed by atoms with Gasteiger partial charge in [-0.15, -0.1) is 11.3 Å². The highest BCUT2D eigenvalue weighted by Crippen LogP contribution is 2.47. The van der Waals surface area contributed by atoms with Crippen LogP contribution in [0.4, 0.5) is 17.2 Å². The van der Waals surface area contributed by atoms with Gasteiger partial charge < -0.3 is 25.2 Å². The van der Waals surface area contributed by atoms with Crippen LogP contribution in [0.25, 0.3) is 32.2 Å². The first-order chi connectivity index (χ1) is 33.5. The zero-order valence-corrected chi connectivity index (χ0v) is 40.4. The summed E-state index contributed by atoms with van der Waals surface area (Å²) in [4.78, 5) is 79.4. The van der Waals surface area contributed by atoms with Gasteiger partial charge in [0.1, 0.15) is 28.5 Å². The van der Waals surface area contributed by atoms with Gasteiger partial charge in [0.25, 0.3) is 5.91 Å². The van der Waals surface area contributed by atoms with Crippen molar-refractivity contribution >= 4 is 102 Å². The van der Waals surface area contributed by atoms with E-state index in [0.717, 1.165) is 46.3 Å². The van der Waals surface area contributed by atoms with E-state index in [0.29, 0.717) is 64.3 Å². The predicted octanol–water partition coefficient (Wildman–Crippen LogP) is 7.06. The number of fused-ring (bicyclic) bond motifs is 1. The number of carboxylic acids is 2. The van der Waals surface area contributed by atoms with Gasteiger partial charge >= 0.3 is 11.9 Å². The molecular formula is C49H47ClN8O10S2. The van der Waals surface area contributed by atoms with E-state index in [-0.39, 0.29) is 64.6 Å². The molecule has 0 radical (unpaired) electrons. The van der Waals surface area contributed by atoms with Gasteiger partial charge in [-0.3, -0.25) is 24.6 Å². The van der Waals surface area contributed by atoms with Crippen LogP contribution in [-0.2, 0) is 30.2 Å². The maximum atomic E-state index is 14.1. The third-order valence-electron chi connectivity index (χ3n) is 13.6. The molecule has 3 saturated heterocycles. The van der Waals surface area contributed by atoms with Crippen molar-refractivity contribution in [2.75, 3.05) is 41.4 Å². The SMILES string of the molecule is CC1(C)CC(Nc2cccc(-c3sc(C(=O)O)c(OCC(=O)O)c3Cl)c2)CCN1S(=O)(=O)Cc1ncc2ccc(N3CCC(c4ccc5c6c(cccc46)C(=O)N5C4CCC(=O)NC4=O)CC3)nc2n1. The Morgan fingerprint density at radius 3 is 2.50 bits per heavy atom. The lowest BCUT2D eigenvalue weighted by atomic mass is 9.85. The summed E-state index contributed by atoms with van der Waals surface area (Å²) < 4.78 is 35.0. The highest BCUT2D eigenvalue weighted by atomic mass is 35.5. The molecule has 362 valence electrons. The van der Waals surface area contributed by atoms with E-state index in [1.807, 2.05) is 56.3 Å². The minimum absolute atomic E-state index is 0.0000208. The van der Waals surface area contributed by atoms with Crippen molar-refractivity contribution in [2.45, 2.75) is 81.7 Å². The second kappa shape index (κ2) is 18.2. The number of amides is 3. The van der Waals surface area contributed by atoms with Gasteiger partial charge in [-0.1, -0.05) is 41.9 Å². The molecule has 4 aliphatic heterocycles. The van der Waals surface area contributed by atoms with Crippen molar-refractivity contribution < 1.29 is 47.3 Å². The number of sulfonamides is 1. The molecule has 4 N–H and O–H groups in total.